The van der Waals surface area contributed by atoms with Crippen LogP contribution in [0.1, 0.15) is 23.9 Å². The summed E-state index contributed by atoms with van der Waals surface area (Å²) in [5.74, 6) is 1.86. The Bertz CT molecular complexity index is 611. The van der Waals surface area contributed by atoms with E-state index in [1.54, 1.807) is 13.2 Å². The van der Waals surface area contributed by atoms with Crippen LogP contribution in [-0.4, -0.2) is 18.3 Å². The van der Waals surface area contributed by atoms with E-state index < -0.39 is 0 Å². The van der Waals surface area contributed by atoms with Crippen molar-refractivity contribution >= 4 is 11.6 Å². The first kappa shape index (κ1) is 15.7. The highest BCUT2D eigenvalue weighted by Crippen LogP contribution is 2.36. The van der Waals surface area contributed by atoms with Gasteiger partial charge in [-0.15, -0.1) is 0 Å². The molecule has 2 N–H and O–H groups in total. The molecule has 0 aliphatic heterocycles. The van der Waals surface area contributed by atoms with Gasteiger partial charge in [0.2, 0.25) is 0 Å². The summed E-state index contributed by atoms with van der Waals surface area (Å²) in [6.07, 6.45) is 0.641. The zero-order valence-electron chi connectivity index (χ0n) is 12.4. The first-order valence-corrected chi connectivity index (χ1v) is 7.04. The number of rotatable bonds is 6. The van der Waals surface area contributed by atoms with Gasteiger partial charge in [0.1, 0.15) is 6.61 Å². The van der Waals surface area contributed by atoms with Crippen LogP contribution in [0.25, 0.3) is 0 Å². The molecule has 21 heavy (non-hydrogen) atoms. The fourth-order valence-corrected chi connectivity index (χ4v) is 2.30. The largest absolute Gasteiger partial charge is 0.493 e. The van der Waals surface area contributed by atoms with E-state index in [4.69, 9.17) is 31.3 Å². The average molecular weight is 311 g/mol. The standard InChI is InChI=1S/C15H19ClN2O3/c1-9(17)4-11-6-12(16)7-14(19-3)15(11)20-8-13-5-10(2)18-21-13/h5-7,9H,4,8,17H2,1-3H3. The maximum Gasteiger partial charge on any atom is 0.174 e. The summed E-state index contributed by atoms with van der Waals surface area (Å²) >= 11 is 6.10. The Hall–Kier alpha value is -1.72. The van der Waals surface area contributed by atoms with Crippen LogP contribution >= 0.6 is 11.6 Å². The lowest BCUT2D eigenvalue weighted by molar-refractivity contribution is 0.236. The molecule has 0 spiro atoms. The molecule has 1 heterocycles. The van der Waals surface area contributed by atoms with Crippen LogP contribution in [0.15, 0.2) is 22.7 Å². The van der Waals surface area contributed by atoms with E-state index in [0.717, 1.165) is 11.3 Å². The Morgan fingerprint density at radius 2 is 2.14 bits per heavy atom. The second-order valence-electron chi connectivity index (χ2n) is 5.00. The van der Waals surface area contributed by atoms with Crippen molar-refractivity contribution in [2.45, 2.75) is 32.9 Å². The first-order chi connectivity index (χ1) is 9.99. The highest BCUT2D eigenvalue weighted by Gasteiger charge is 2.15. The van der Waals surface area contributed by atoms with Gasteiger partial charge in [-0.3, -0.25) is 0 Å². The van der Waals surface area contributed by atoms with Crippen LogP contribution in [0.2, 0.25) is 5.02 Å². The van der Waals surface area contributed by atoms with Gasteiger partial charge < -0.3 is 19.7 Å². The Labute approximate surface area is 129 Å². The van der Waals surface area contributed by atoms with Crippen LogP contribution in [0.5, 0.6) is 11.5 Å². The Balaban J connectivity index is 2.26. The molecule has 0 radical (unpaired) electrons. The van der Waals surface area contributed by atoms with Crippen molar-refractivity contribution in [3.63, 3.8) is 0 Å². The quantitative estimate of drug-likeness (QED) is 0.887. The molecule has 114 valence electrons. The Morgan fingerprint density at radius 3 is 2.71 bits per heavy atom. The van der Waals surface area contributed by atoms with Crippen molar-refractivity contribution in [2.75, 3.05) is 7.11 Å². The van der Waals surface area contributed by atoms with E-state index in [1.807, 2.05) is 26.0 Å². The Morgan fingerprint density at radius 1 is 1.38 bits per heavy atom. The predicted octanol–water partition coefficient (Wildman–Crippen LogP) is 3.11. The molecule has 1 aromatic heterocycles. The van der Waals surface area contributed by atoms with Gasteiger partial charge in [0, 0.05) is 28.8 Å². The van der Waals surface area contributed by atoms with Crippen LogP contribution in [0, 0.1) is 6.92 Å². The number of nitrogens with zero attached hydrogens (tertiary/aromatic N) is 1. The van der Waals surface area contributed by atoms with Crippen molar-refractivity contribution in [2.24, 2.45) is 5.73 Å². The zero-order chi connectivity index (χ0) is 15.4. The van der Waals surface area contributed by atoms with E-state index in [2.05, 4.69) is 5.16 Å². The summed E-state index contributed by atoms with van der Waals surface area (Å²) in [5, 5.41) is 4.42. The molecule has 0 bridgehead atoms. The molecule has 0 aliphatic rings. The van der Waals surface area contributed by atoms with Gasteiger partial charge >= 0.3 is 0 Å². The summed E-state index contributed by atoms with van der Waals surface area (Å²) in [4.78, 5) is 0. The van der Waals surface area contributed by atoms with Crippen LogP contribution in [-0.2, 0) is 13.0 Å². The lowest BCUT2D eigenvalue weighted by Gasteiger charge is -2.16. The van der Waals surface area contributed by atoms with Crippen molar-refractivity contribution in [3.8, 4) is 11.5 Å². The van der Waals surface area contributed by atoms with Gasteiger partial charge in [-0.05, 0) is 26.3 Å². The van der Waals surface area contributed by atoms with E-state index >= 15 is 0 Å². The fourth-order valence-electron chi connectivity index (χ4n) is 2.06. The van der Waals surface area contributed by atoms with Crippen molar-refractivity contribution in [1.29, 1.82) is 0 Å². The molecule has 2 aromatic rings. The SMILES string of the molecule is COc1cc(Cl)cc(CC(C)N)c1OCc1cc(C)no1. The summed E-state index contributed by atoms with van der Waals surface area (Å²) < 4.78 is 16.3. The number of aryl methyl sites for hydroxylation is 1. The molecule has 6 heteroatoms. The van der Waals surface area contributed by atoms with Gasteiger partial charge in [0.25, 0.3) is 0 Å². The minimum Gasteiger partial charge on any atom is -0.493 e. The third kappa shape index (κ3) is 4.12. The molecule has 0 saturated carbocycles. The molecule has 2 rings (SSSR count). The van der Waals surface area contributed by atoms with Gasteiger partial charge in [0.05, 0.1) is 12.8 Å². The number of aromatic nitrogens is 1. The second-order valence-corrected chi connectivity index (χ2v) is 5.44. The number of nitrogens with two attached hydrogens (primary N) is 1. The number of hydrogen-bond acceptors (Lipinski definition) is 5. The van der Waals surface area contributed by atoms with Gasteiger partial charge in [-0.2, -0.15) is 0 Å². The minimum absolute atomic E-state index is 0.0111. The highest BCUT2D eigenvalue weighted by atomic mass is 35.5. The highest BCUT2D eigenvalue weighted by molar-refractivity contribution is 6.30. The monoisotopic (exact) mass is 310 g/mol. The van der Waals surface area contributed by atoms with Crippen LogP contribution in [0.3, 0.4) is 0 Å². The number of hydrogen-bond donors (Lipinski definition) is 1. The van der Waals surface area contributed by atoms with E-state index in [1.165, 1.54) is 0 Å². The summed E-state index contributed by atoms with van der Waals surface area (Å²) in [5.41, 5.74) is 7.60. The first-order valence-electron chi connectivity index (χ1n) is 6.66. The number of ether oxygens (including phenoxy) is 2. The lowest BCUT2D eigenvalue weighted by Crippen LogP contribution is -2.18. The van der Waals surface area contributed by atoms with E-state index in [-0.39, 0.29) is 12.6 Å². The van der Waals surface area contributed by atoms with Crippen molar-refractivity contribution in [1.82, 2.24) is 5.16 Å². The molecule has 1 atom stereocenters. The smallest absolute Gasteiger partial charge is 0.174 e. The maximum atomic E-state index is 6.10. The third-order valence-electron chi connectivity index (χ3n) is 2.89. The van der Waals surface area contributed by atoms with E-state index in [9.17, 15) is 0 Å². The molecule has 1 aromatic carbocycles. The molecule has 1 unspecified atom stereocenters. The minimum atomic E-state index is -0.0111. The summed E-state index contributed by atoms with van der Waals surface area (Å²) in [6, 6.07) is 5.37. The van der Waals surface area contributed by atoms with Crippen LogP contribution in [0.4, 0.5) is 0 Å². The predicted molar refractivity (Wildman–Crippen MR) is 80.9 cm³/mol. The van der Waals surface area contributed by atoms with Gasteiger partial charge in [-0.25, -0.2) is 0 Å². The van der Waals surface area contributed by atoms with E-state index in [0.29, 0.717) is 28.7 Å². The number of benzene rings is 1. The summed E-state index contributed by atoms with van der Waals surface area (Å²) in [6.45, 7) is 4.05. The van der Waals surface area contributed by atoms with Gasteiger partial charge in [-0.1, -0.05) is 16.8 Å². The second kappa shape index (κ2) is 6.83. The van der Waals surface area contributed by atoms with Crippen LogP contribution < -0.4 is 15.2 Å². The molecule has 0 amide bonds. The van der Waals surface area contributed by atoms with Crippen molar-refractivity contribution < 1.29 is 14.0 Å². The fraction of sp³-hybridized carbons (Fsp3) is 0.400. The molecule has 5 nitrogen and oxygen atoms in total. The normalized spacial score (nSPS) is 12.2. The number of halogens is 1. The topological polar surface area (TPSA) is 70.5 Å². The summed E-state index contributed by atoms with van der Waals surface area (Å²) in [7, 11) is 1.58. The average Bonchev–Trinajstić information content (AvgIpc) is 2.82. The number of methoxy groups -OCH3 is 1. The molecular weight excluding hydrogens is 292 g/mol. The molecule has 0 aliphatic carbocycles. The Kier molecular flexibility index (Phi) is 5.09. The van der Waals surface area contributed by atoms with Gasteiger partial charge in [0.15, 0.2) is 17.3 Å². The third-order valence-corrected chi connectivity index (χ3v) is 3.11. The lowest BCUT2D eigenvalue weighted by atomic mass is 10.1. The molecule has 0 fully saturated rings. The van der Waals surface area contributed by atoms with Crippen molar-refractivity contribution in [3.05, 3.63) is 40.2 Å². The maximum absolute atomic E-state index is 6.10. The molecule has 0 saturated heterocycles. The molecular formula is C15H19ClN2O3. The zero-order valence-corrected chi connectivity index (χ0v) is 13.1.